The molecule has 2 nitrogen and oxygen atoms in total. The molecule has 1 saturated carbocycles. The van der Waals surface area contributed by atoms with Gasteiger partial charge in [-0.25, -0.2) is 0 Å². The minimum Gasteiger partial charge on any atom is -0.362 e. The minimum atomic E-state index is 0.460. The van der Waals surface area contributed by atoms with Crippen molar-refractivity contribution in [2.45, 2.75) is 66.3 Å². The third kappa shape index (κ3) is 5.55. The lowest BCUT2D eigenvalue weighted by Crippen LogP contribution is -2.45. The van der Waals surface area contributed by atoms with Gasteiger partial charge in [-0.05, 0) is 55.2 Å². The first-order chi connectivity index (χ1) is 8.29. The molecule has 106 valence electrons. The molecule has 1 rings (SSSR count). The fourth-order valence-electron chi connectivity index (χ4n) is 2.64. The van der Waals surface area contributed by atoms with Gasteiger partial charge in [-0.3, -0.25) is 0 Å². The standard InChI is InChI=1S/C15H30N2S/c1-11(2)10-16-14(18)17-13-8-6-12(7-9-13)15(3,4)5/h11-13H,6-10H2,1-5H3,(H2,16,17,18). The molecule has 0 aromatic rings. The largest absolute Gasteiger partial charge is 0.362 e. The average Bonchev–Trinajstić information content (AvgIpc) is 2.26. The molecule has 2 N–H and O–H groups in total. The Hall–Kier alpha value is -0.310. The molecule has 0 aliphatic heterocycles. The molecule has 18 heavy (non-hydrogen) atoms. The van der Waals surface area contributed by atoms with Gasteiger partial charge < -0.3 is 10.6 Å². The van der Waals surface area contributed by atoms with E-state index in [1.807, 2.05) is 0 Å². The van der Waals surface area contributed by atoms with Crippen LogP contribution in [0.25, 0.3) is 0 Å². The molecule has 1 fully saturated rings. The van der Waals surface area contributed by atoms with Gasteiger partial charge in [-0.15, -0.1) is 0 Å². The summed E-state index contributed by atoms with van der Waals surface area (Å²) in [5, 5.41) is 7.59. The molecule has 3 heteroatoms. The van der Waals surface area contributed by atoms with Crippen LogP contribution in [0.15, 0.2) is 0 Å². The van der Waals surface area contributed by atoms with Gasteiger partial charge in [0, 0.05) is 12.6 Å². The lowest BCUT2D eigenvalue weighted by Gasteiger charge is -2.37. The van der Waals surface area contributed by atoms with Gasteiger partial charge >= 0.3 is 0 Å². The normalized spacial score (nSPS) is 25.0. The first-order valence-corrected chi connectivity index (χ1v) is 7.74. The maximum Gasteiger partial charge on any atom is 0.166 e. The Balaban J connectivity index is 2.25. The van der Waals surface area contributed by atoms with E-state index in [4.69, 9.17) is 12.2 Å². The Morgan fingerprint density at radius 1 is 1.17 bits per heavy atom. The van der Waals surface area contributed by atoms with Gasteiger partial charge in [0.25, 0.3) is 0 Å². The van der Waals surface area contributed by atoms with Crippen LogP contribution in [-0.2, 0) is 0 Å². The molecule has 0 aromatic carbocycles. The van der Waals surface area contributed by atoms with Crippen molar-refractivity contribution in [3.8, 4) is 0 Å². The van der Waals surface area contributed by atoms with Crippen molar-refractivity contribution >= 4 is 17.3 Å². The highest BCUT2D eigenvalue weighted by Gasteiger charge is 2.29. The summed E-state index contributed by atoms with van der Waals surface area (Å²) in [5.41, 5.74) is 0.460. The average molecular weight is 270 g/mol. The minimum absolute atomic E-state index is 0.460. The molecule has 0 heterocycles. The van der Waals surface area contributed by atoms with Crippen molar-refractivity contribution in [1.82, 2.24) is 10.6 Å². The highest BCUT2D eigenvalue weighted by atomic mass is 32.1. The molecule has 1 aliphatic carbocycles. The van der Waals surface area contributed by atoms with Gasteiger partial charge in [-0.1, -0.05) is 34.6 Å². The molecule has 0 spiro atoms. The molecular weight excluding hydrogens is 240 g/mol. The summed E-state index contributed by atoms with van der Waals surface area (Å²) >= 11 is 5.33. The molecule has 0 bridgehead atoms. The van der Waals surface area contributed by atoms with E-state index in [0.29, 0.717) is 17.4 Å². The molecule has 0 atom stereocenters. The quantitative estimate of drug-likeness (QED) is 0.765. The summed E-state index contributed by atoms with van der Waals surface area (Å²) in [7, 11) is 0. The fourth-order valence-corrected chi connectivity index (χ4v) is 2.89. The molecule has 0 saturated heterocycles. The number of nitrogens with one attached hydrogen (secondary N) is 2. The third-order valence-corrected chi connectivity index (χ3v) is 4.22. The Morgan fingerprint density at radius 2 is 1.72 bits per heavy atom. The van der Waals surface area contributed by atoms with Crippen LogP contribution in [0, 0.1) is 17.3 Å². The van der Waals surface area contributed by atoms with Gasteiger partial charge in [0.15, 0.2) is 5.11 Å². The smallest absolute Gasteiger partial charge is 0.166 e. The predicted octanol–water partition coefficient (Wildman–Crippen LogP) is 3.71. The lowest BCUT2D eigenvalue weighted by molar-refractivity contribution is 0.165. The summed E-state index contributed by atoms with van der Waals surface area (Å²) in [4.78, 5) is 0. The lowest BCUT2D eigenvalue weighted by atomic mass is 9.71. The second-order valence-corrected chi connectivity index (χ2v) is 7.57. The van der Waals surface area contributed by atoms with Crippen LogP contribution >= 0.6 is 12.2 Å². The van der Waals surface area contributed by atoms with E-state index >= 15 is 0 Å². The zero-order chi connectivity index (χ0) is 13.8. The number of thiocarbonyl (C=S) groups is 1. The van der Waals surface area contributed by atoms with E-state index in [-0.39, 0.29) is 0 Å². The SMILES string of the molecule is CC(C)CNC(=S)NC1CCC(C(C)(C)C)CC1. The second kappa shape index (κ2) is 6.74. The number of hydrogen-bond acceptors (Lipinski definition) is 1. The van der Waals surface area contributed by atoms with Crippen LogP contribution in [0.5, 0.6) is 0 Å². The van der Waals surface area contributed by atoms with E-state index in [1.54, 1.807) is 0 Å². The summed E-state index contributed by atoms with van der Waals surface area (Å²) in [6.45, 7) is 12.4. The summed E-state index contributed by atoms with van der Waals surface area (Å²) in [6.07, 6.45) is 5.17. The van der Waals surface area contributed by atoms with Gasteiger partial charge in [-0.2, -0.15) is 0 Å². The van der Waals surface area contributed by atoms with Crippen molar-refractivity contribution in [2.75, 3.05) is 6.54 Å². The Labute approximate surface area is 118 Å². The van der Waals surface area contributed by atoms with Crippen molar-refractivity contribution in [2.24, 2.45) is 17.3 Å². The number of rotatable bonds is 3. The highest BCUT2D eigenvalue weighted by Crippen LogP contribution is 2.37. The first kappa shape index (κ1) is 15.7. The predicted molar refractivity (Wildman–Crippen MR) is 83.8 cm³/mol. The monoisotopic (exact) mass is 270 g/mol. The van der Waals surface area contributed by atoms with E-state index in [9.17, 15) is 0 Å². The zero-order valence-electron chi connectivity index (χ0n) is 12.7. The number of hydrogen-bond donors (Lipinski definition) is 2. The van der Waals surface area contributed by atoms with E-state index in [1.165, 1.54) is 25.7 Å². The van der Waals surface area contributed by atoms with Crippen LogP contribution in [0.1, 0.15) is 60.3 Å². The highest BCUT2D eigenvalue weighted by molar-refractivity contribution is 7.80. The maximum absolute atomic E-state index is 5.33. The molecular formula is C15H30N2S. The van der Waals surface area contributed by atoms with Gasteiger partial charge in [0.1, 0.15) is 0 Å². The zero-order valence-corrected chi connectivity index (χ0v) is 13.5. The van der Waals surface area contributed by atoms with Crippen molar-refractivity contribution < 1.29 is 0 Å². The molecule has 0 unspecified atom stereocenters. The molecule has 0 aromatic heterocycles. The van der Waals surface area contributed by atoms with Gasteiger partial charge in [0.2, 0.25) is 0 Å². The summed E-state index contributed by atoms with van der Waals surface area (Å²) < 4.78 is 0. The van der Waals surface area contributed by atoms with E-state index < -0.39 is 0 Å². The van der Waals surface area contributed by atoms with Crippen LogP contribution in [0.3, 0.4) is 0 Å². The van der Waals surface area contributed by atoms with E-state index in [0.717, 1.165) is 17.6 Å². The van der Waals surface area contributed by atoms with Crippen LogP contribution in [-0.4, -0.2) is 17.7 Å². The van der Waals surface area contributed by atoms with Crippen molar-refractivity contribution in [3.05, 3.63) is 0 Å². The first-order valence-electron chi connectivity index (χ1n) is 7.33. The summed E-state index contributed by atoms with van der Waals surface area (Å²) in [5.74, 6) is 1.51. The van der Waals surface area contributed by atoms with Crippen LogP contribution in [0.4, 0.5) is 0 Å². The fraction of sp³-hybridized carbons (Fsp3) is 0.933. The topological polar surface area (TPSA) is 24.1 Å². The Morgan fingerprint density at radius 3 is 2.17 bits per heavy atom. The van der Waals surface area contributed by atoms with Crippen LogP contribution in [0.2, 0.25) is 0 Å². The Kier molecular flexibility index (Phi) is 5.90. The third-order valence-electron chi connectivity index (χ3n) is 3.96. The second-order valence-electron chi connectivity index (χ2n) is 7.16. The Bertz CT molecular complexity index is 260. The van der Waals surface area contributed by atoms with Crippen LogP contribution < -0.4 is 10.6 Å². The molecule has 1 aliphatic rings. The molecule has 0 radical (unpaired) electrons. The molecule has 0 amide bonds. The van der Waals surface area contributed by atoms with E-state index in [2.05, 4.69) is 45.3 Å². The maximum atomic E-state index is 5.33. The van der Waals surface area contributed by atoms with Gasteiger partial charge in [0.05, 0.1) is 0 Å². The van der Waals surface area contributed by atoms with Crippen molar-refractivity contribution in [1.29, 1.82) is 0 Å². The summed E-state index contributed by atoms with van der Waals surface area (Å²) in [6, 6.07) is 0.579. The van der Waals surface area contributed by atoms with Crippen molar-refractivity contribution in [3.63, 3.8) is 0 Å².